The van der Waals surface area contributed by atoms with Gasteiger partial charge in [0.15, 0.2) is 5.96 Å². The third kappa shape index (κ3) is 8.33. The molecule has 0 spiro atoms. The molecular weight excluding hydrogens is 517 g/mol. The second-order valence-corrected chi connectivity index (χ2v) is 8.38. The van der Waals surface area contributed by atoms with Crippen LogP contribution in [-0.4, -0.2) is 74.0 Å². The summed E-state index contributed by atoms with van der Waals surface area (Å²) < 4.78 is 12.0. The van der Waals surface area contributed by atoms with Crippen molar-refractivity contribution >= 4 is 35.8 Å². The second kappa shape index (κ2) is 14.9. The Bertz CT molecular complexity index is 655. The SMILES string of the molecule is CCNC(=NCc1ccc(N(CC)CC)nc1)N1CCC(OCC2CCCCO2)CC1.I. The van der Waals surface area contributed by atoms with E-state index in [4.69, 9.17) is 14.5 Å². The molecule has 2 aliphatic rings. The van der Waals surface area contributed by atoms with Gasteiger partial charge in [-0.2, -0.15) is 0 Å². The fraction of sp³-hybridized carbons (Fsp3) is 0.750. The maximum atomic E-state index is 6.16. The van der Waals surface area contributed by atoms with E-state index in [1.165, 1.54) is 12.8 Å². The van der Waals surface area contributed by atoms with Gasteiger partial charge >= 0.3 is 0 Å². The van der Waals surface area contributed by atoms with Crippen molar-refractivity contribution in [2.45, 2.75) is 71.6 Å². The number of nitrogens with one attached hydrogen (secondary N) is 1. The highest BCUT2D eigenvalue weighted by Gasteiger charge is 2.23. The monoisotopic (exact) mass is 559 g/mol. The minimum absolute atomic E-state index is 0. The molecule has 7 nitrogen and oxygen atoms in total. The smallest absolute Gasteiger partial charge is 0.194 e. The van der Waals surface area contributed by atoms with E-state index in [9.17, 15) is 0 Å². The molecule has 1 N–H and O–H groups in total. The van der Waals surface area contributed by atoms with Gasteiger partial charge in [-0.15, -0.1) is 24.0 Å². The number of nitrogens with zero attached hydrogens (tertiary/aromatic N) is 4. The van der Waals surface area contributed by atoms with Crippen LogP contribution in [0.5, 0.6) is 0 Å². The quantitative estimate of drug-likeness (QED) is 0.280. The van der Waals surface area contributed by atoms with E-state index in [1.54, 1.807) is 0 Å². The third-order valence-corrected chi connectivity index (χ3v) is 6.18. The number of rotatable bonds is 9. The van der Waals surface area contributed by atoms with Crippen LogP contribution in [0.25, 0.3) is 0 Å². The van der Waals surface area contributed by atoms with Gasteiger partial charge in [-0.25, -0.2) is 9.98 Å². The Labute approximate surface area is 211 Å². The summed E-state index contributed by atoms with van der Waals surface area (Å²) in [7, 11) is 0. The normalized spacial score (nSPS) is 20.0. The number of piperidine rings is 1. The molecular formula is C24H42IN5O2. The summed E-state index contributed by atoms with van der Waals surface area (Å²) >= 11 is 0. The van der Waals surface area contributed by atoms with Gasteiger partial charge in [0.05, 0.1) is 25.4 Å². The standard InChI is InChI=1S/C24H41N5O2.HI/c1-4-25-24(27-18-20-10-11-23(26-17-20)28(5-2)6-3)29-14-12-21(13-15-29)31-19-22-9-7-8-16-30-22;/h10-11,17,21-22H,4-9,12-16,18-19H2,1-3H3,(H,25,27);1H. The maximum Gasteiger partial charge on any atom is 0.194 e. The van der Waals surface area contributed by atoms with Gasteiger partial charge in [-0.3, -0.25) is 0 Å². The van der Waals surface area contributed by atoms with E-state index in [-0.39, 0.29) is 24.0 Å². The largest absolute Gasteiger partial charge is 0.376 e. The number of aliphatic imine (C=N–C) groups is 1. The number of pyridine rings is 1. The van der Waals surface area contributed by atoms with Gasteiger partial charge < -0.3 is 24.6 Å². The van der Waals surface area contributed by atoms with E-state index in [0.29, 0.717) is 18.8 Å². The van der Waals surface area contributed by atoms with E-state index >= 15 is 0 Å². The first-order chi connectivity index (χ1) is 15.2. The Kier molecular flexibility index (Phi) is 12.6. The highest BCUT2D eigenvalue weighted by Crippen LogP contribution is 2.18. The molecule has 2 fully saturated rings. The van der Waals surface area contributed by atoms with Crippen LogP contribution in [0.2, 0.25) is 0 Å². The van der Waals surface area contributed by atoms with Crippen LogP contribution >= 0.6 is 24.0 Å². The number of guanidine groups is 1. The third-order valence-electron chi connectivity index (χ3n) is 6.18. The molecule has 8 heteroatoms. The van der Waals surface area contributed by atoms with Gasteiger partial charge in [-0.05, 0) is 64.5 Å². The average Bonchev–Trinajstić information content (AvgIpc) is 2.83. The zero-order valence-electron chi connectivity index (χ0n) is 20.1. The first-order valence-electron chi connectivity index (χ1n) is 12.2. The molecule has 32 heavy (non-hydrogen) atoms. The molecule has 182 valence electrons. The van der Waals surface area contributed by atoms with Crippen molar-refractivity contribution in [3.8, 4) is 0 Å². The number of hydrogen-bond donors (Lipinski definition) is 1. The summed E-state index contributed by atoms with van der Waals surface area (Å²) in [5, 5.41) is 3.46. The van der Waals surface area contributed by atoms with Gasteiger partial charge in [0.25, 0.3) is 0 Å². The summed E-state index contributed by atoms with van der Waals surface area (Å²) in [5.41, 5.74) is 1.14. The van der Waals surface area contributed by atoms with E-state index in [0.717, 1.165) is 82.5 Å². The molecule has 3 heterocycles. The van der Waals surface area contributed by atoms with Crippen LogP contribution in [0.4, 0.5) is 5.82 Å². The lowest BCUT2D eigenvalue weighted by molar-refractivity contribution is -0.0721. The predicted octanol–water partition coefficient (Wildman–Crippen LogP) is 4.06. The van der Waals surface area contributed by atoms with E-state index in [1.807, 2.05) is 6.20 Å². The zero-order valence-corrected chi connectivity index (χ0v) is 22.4. The number of aromatic nitrogens is 1. The molecule has 0 radical (unpaired) electrons. The van der Waals surface area contributed by atoms with Crippen LogP contribution in [0, 0.1) is 0 Å². The Balaban J connectivity index is 0.00000363. The van der Waals surface area contributed by atoms with Crippen LogP contribution < -0.4 is 10.2 Å². The Morgan fingerprint density at radius 2 is 1.97 bits per heavy atom. The number of ether oxygens (including phenoxy) is 2. The lowest BCUT2D eigenvalue weighted by Crippen LogP contribution is -2.47. The Morgan fingerprint density at radius 1 is 1.19 bits per heavy atom. The van der Waals surface area contributed by atoms with Crippen molar-refractivity contribution in [2.75, 3.05) is 50.8 Å². The highest BCUT2D eigenvalue weighted by atomic mass is 127. The van der Waals surface area contributed by atoms with Crippen molar-refractivity contribution in [1.82, 2.24) is 15.2 Å². The Morgan fingerprint density at radius 3 is 2.56 bits per heavy atom. The molecule has 2 aliphatic heterocycles. The average molecular weight is 560 g/mol. The van der Waals surface area contributed by atoms with Crippen molar-refractivity contribution in [1.29, 1.82) is 0 Å². The van der Waals surface area contributed by atoms with Crippen LogP contribution in [0.15, 0.2) is 23.3 Å². The second-order valence-electron chi connectivity index (χ2n) is 8.38. The zero-order chi connectivity index (χ0) is 21.9. The summed E-state index contributed by atoms with van der Waals surface area (Å²) in [5.74, 6) is 2.02. The molecule has 1 atom stereocenters. The molecule has 0 aromatic carbocycles. The van der Waals surface area contributed by atoms with Gasteiger partial charge in [0, 0.05) is 45.5 Å². The summed E-state index contributed by atoms with van der Waals surface area (Å²) in [6.45, 7) is 13.5. The highest BCUT2D eigenvalue weighted by molar-refractivity contribution is 14.0. The number of anilines is 1. The predicted molar refractivity (Wildman–Crippen MR) is 142 cm³/mol. The molecule has 0 amide bonds. The molecule has 3 rings (SSSR count). The Hall–Kier alpha value is -1.13. The molecule has 1 unspecified atom stereocenters. The number of hydrogen-bond acceptors (Lipinski definition) is 5. The van der Waals surface area contributed by atoms with Crippen molar-refractivity contribution in [3.05, 3.63) is 23.9 Å². The number of likely N-dealkylation sites (tertiary alicyclic amines) is 1. The molecule has 0 aliphatic carbocycles. The minimum Gasteiger partial charge on any atom is -0.376 e. The van der Waals surface area contributed by atoms with Gasteiger partial charge in [0.2, 0.25) is 0 Å². The van der Waals surface area contributed by atoms with Crippen LogP contribution in [0.1, 0.15) is 58.4 Å². The molecule has 0 saturated carbocycles. The molecule has 0 bridgehead atoms. The summed E-state index contributed by atoms with van der Waals surface area (Å²) in [6.07, 6.45) is 8.26. The van der Waals surface area contributed by atoms with Crippen molar-refractivity contribution in [3.63, 3.8) is 0 Å². The number of halogens is 1. The van der Waals surface area contributed by atoms with Gasteiger partial charge in [0.1, 0.15) is 5.82 Å². The van der Waals surface area contributed by atoms with Crippen LogP contribution in [-0.2, 0) is 16.0 Å². The lowest BCUT2D eigenvalue weighted by Gasteiger charge is -2.35. The minimum atomic E-state index is 0. The maximum absolute atomic E-state index is 6.16. The van der Waals surface area contributed by atoms with Gasteiger partial charge in [-0.1, -0.05) is 6.07 Å². The fourth-order valence-electron chi connectivity index (χ4n) is 4.25. The van der Waals surface area contributed by atoms with E-state index in [2.05, 4.69) is 53.0 Å². The molecule has 1 aromatic rings. The van der Waals surface area contributed by atoms with Crippen LogP contribution in [0.3, 0.4) is 0 Å². The van der Waals surface area contributed by atoms with Crippen molar-refractivity contribution < 1.29 is 9.47 Å². The van der Waals surface area contributed by atoms with Crippen molar-refractivity contribution in [2.24, 2.45) is 4.99 Å². The molecule has 1 aromatic heterocycles. The summed E-state index contributed by atoms with van der Waals surface area (Å²) in [4.78, 5) is 14.1. The summed E-state index contributed by atoms with van der Waals surface area (Å²) in [6, 6.07) is 4.24. The van der Waals surface area contributed by atoms with E-state index < -0.39 is 0 Å². The fourth-order valence-corrected chi connectivity index (χ4v) is 4.25. The lowest BCUT2D eigenvalue weighted by atomic mass is 10.1. The first-order valence-corrected chi connectivity index (χ1v) is 12.2. The first kappa shape index (κ1) is 27.1. The topological polar surface area (TPSA) is 62.2 Å². The molecule has 2 saturated heterocycles.